The Kier molecular flexibility index (Phi) is 68.7. The molecule has 0 aliphatic heterocycles. The molecule has 0 rings (SSSR count). The monoisotopic (exact) mass is 1120 g/mol. The second-order valence-corrected chi connectivity index (χ2v) is 24.3. The van der Waals surface area contributed by atoms with E-state index in [2.05, 4.69) is 74.6 Å². The van der Waals surface area contributed by atoms with E-state index in [1.54, 1.807) is 0 Å². The first-order valence-electron chi connectivity index (χ1n) is 35.8. The fraction of sp³-hybridized carbons (Fsp3) is 0.840. The number of hydrogen-bond acceptors (Lipinski definition) is 5. The van der Waals surface area contributed by atoms with Crippen molar-refractivity contribution >= 4 is 11.9 Å². The minimum Gasteiger partial charge on any atom is -0.462 e. The van der Waals surface area contributed by atoms with Gasteiger partial charge in [-0.15, -0.1) is 0 Å². The van der Waals surface area contributed by atoms with Crippen molar-refractivity contribution in [3.05, 3.63) is 60.8 Å². The molecular formula is C75H138O5. The highest BCUT2D eigenvalue weighted by Gasteiger charge is 2.16. The standard InChI is InChI=1S/C75H138O5/c1-3-5-7-9-11-13-15-17-19-21-23-25-27-29-31-33-34-35-36-37-38-39-40-42-44-46-48-50-52-54-56-58-60-62-64-66-68-70-75(78)80-73(71-76)72-79-74(77)69-67-65-63-61-59-57-55-53-51-49-47-45-43-41-32-30-28-26-24-22-20-18-16-14-12-10-8-6-4-2/h5,7,11,13,17,19,22-25,73,76H,3-4,6,8-10,12,14-16,18,20-21,26-72H2,1-2H3/b7-5-,13-11-,19-17-,24-22-,25-23-. The van der Waals surface area contributed by atoms with E-state index in [-0.39, 0.29) is 25.2 Å². The fourth-order valence-corrected chi connectivity index (χ4v) is 11.0. The summed E-state index contributed by atoms with van der Waals surface area (Å²) in [4.78, 5) is 24.7. The zero-order valence-electron chi connectivity index (χ0n) is 53.9. The SMILES string of the molecule is CC/C=C\C/C=C\C/C=C\C/C=C\CCCCCCCCCCCCCCCCCCCCCCCCCCC(=O)OC(CO)COC(=O)CCCCCCCCCCCCCCCCCCC/C=C\CCCCCCCCCC. The van der Waals surface area contributed by atoms with Crippen molar-refractivity contribution in [3.63, 3.8) is 0 Å². The van der Waals surface area contributed by atoms with Crippen LogP contribution in [0, 0.1) is 0 Å². The maximum absolute atomic E-state index is 12.4. The highest BCUT2D eigenvalue weighted by atomic mass is 16.6. The summed E-state index contributed by atoms with van der Waals surface area (Å²) in [5.41, 5.74) is 0. The van der Waals surface area contributed by atoms with Crippen molar-refractivity contribution in [1.29, 1.82) is 0 Å². The van der Waals surface area contributed by atoms with Gasteiger partial charge < -0.3 is 14.6 Å². The van der Waals surface area contributed by atoms with Crippen LogP contribution in [-0.4, -0.2) is 36.4 Å². The summed E-state index contributed by atoms with van der Waals surface area (Å²) in [5, 5.41) is 9.71. The molecule has 0 aliphatic rings. The lowest BCUT2D eigenvalue weighted by molar-refractivity contribution is -0.161. The van der Waals surface area contributed by atoms with E-state index in [0.29, 0.717) is 12.8 Å². The summed E-state index contributed by atoms with van der Waals surface area (Å²) < 4.78 is 10.8. The fourth-order valence-electron chi connectivity index (χ4n) is 11.0. The first-order valence-corrected chi connectivity index (χ1v) is 35.8. The molecule has 0 saturated heterocycles. The van der Waals surface area contributed by atoms with E-state index in [4.69, 9.17) is 9.47 Å². The van der Waals surface area contributed by atoms with Crippen LogP contribution in [0.2, 0.25) is 0 Å². The van der Waals surface area contributed by atoms with Gasteiger partial charge in [0.05, 0.1) is 6.61 Å². The average molecular weight is 1120 g/mol. The van der Waals surface area contributed by atoms with Crippen molar-refractivity contribution in [2.75, 3.05) is 13.2 Å². The van der Waals surface area contributed by atoms with E-state index in [1.165, 1.54) is 295 Å². The Bertz CT molecular complexity index is 1360. The molecule has 0 fully saturated rings. The van der Waals surface area contributed by atoms with Crippen LogP contribution in [0.4, 0.5) is 0 Å². The van der Waals surface area contributed by atoms with Crippen molar-refractivity contribution in [1.82, 2.24) is 0 Å². The molecule has 5 heteroatoms. The van der Waals surface area contributed by atoms with Gasteiger partial charge in [-0.3, -0.25) is 9.59 Å². The maximum atomic E-state index is 12.4. The molecule has 5 nitrogen and oxygen atoms in total. The molecule has 0 radical (unpaired) electrons. The van der Waals surface area contributed by atoms with Crippen molar-refractivity contribution in [2.24, 2.45) is 0 Å². The molecule has 0 bridgehead atoms. The quantitative estimate of drug-likeness (QED) is 0.0373. The lowest BCUT2D eigenvalue weighted by Gasteiger charge is -2.15. The zero-order valence-corrected chi connectivity index (χ0v) is 53.9. The Balaban J connectivity index is 3.39. The topological polar surface area (TPSA) is 72.8 Å². The van der Waals surface area contributed by atoms with Crippen LogP contribution in [0.3, 0.4) is 0 Å². The van der Waals surface area contributed by atoms with E-state index in [0.717, 1.165) is 64.2 Å². The van der Waals surface area contributed by atoms with Crippen molar-refractivity contribution in [3.8, 4) is 0 Å². The minimum atomic E-state index is -0.771. The van der Waals surface area contributed by atoms with Crippen LogP contribution in [0.1, 0.15) is 386 Å². The van der Waals surface area contributed by atoms with Gasteiger partial charge in [0.2, 0.25) is 0 Å². The van der Waals surface area contributed by atoms with Gasteiger partial charge in [0, 0.05) is 12.8 Å². The van der Waals surface area contributed by atoms with Crippen molar-refractivity contribution in [2.45, 2.75) is 392 Å². The summed E-state index contributed by atoms with van der Waals surface area (Å²) in [7, 11) is 0. The van der Waals surface area contributed by atoms with E-state index >= 15 is 0 Å². The zero-order chi connectivity index (χ0) is 57.6. The number of carbonyl (C=O) groups is 2. The lowest BCUT2D eigenvalue weighted by Crippen LogP contribution is -2.28. The second-order valence-electron chi connectivity index (χ2n) is 24.3. The maximum Gasteiger partial charge on any atom is 0.306 e. The number of aliphatic hydroxyl groups is 1. The Morgan fingerprint density at radius 2 is 0.537 bits per heavy atom. The number of unbranched alkanes of at least 4 members (excludes halogenated alkanes) is 49. The largest absolute Gasteiger partial charge is 0.462 e. The molecule has 80 heavy (non-hydrogen) atoms. The lowest BCUT2D eigenvalue weighted by atomic mass is 10.0. The normalized spacial score (nSPS) is 12.5. The molecule has 1 atom stereocenters. The van der Waals surface area contributed by atoms with Gasteiger partial charge in [0.15, 0.2) is 6.10 Å². The van der Waals surface area contributed by atoms with Crippen molar-refractivity contribution < 1.29 is 24.2 Å². The molecular weight excluding hydrogens is 981 g/mol. The van der Waals surface area contributed by atoms with Gasteiger partial charge in [0.1, 0.15) is 6.61 Å². The minimum absolute atomic E-state index is 0.0602. The number of ether oxygens (including phenoxy) is 2. The Morgan fingerprint density at radius 1 is 0.300 bits per heavy atom. The average Bonchev–Trinajstić information content (AvgIpc) is 3.46. The number of esters is 2. The number of allylic oxidation sites excluding steroid dienone is 10. The molecule has 0 heterocycles. The molecule has 1 unspecified atom stereocenters. The van der Waals surface area contributed by atoms with Crippen LogP contribution in [-0.2, 0) is 19.1 Å². The molecule has 0 aromatic heterocycles. The molecule has 468 valence electrons. The van der Waals surface area contributed by atoms with E-state index < -0.39 is 6.10 Å². The van der Waals surface area contributed by atoms with Crippen LogP contribution in [0.15, 0.2) is 60.8 Å². The number of rotatable bonds is 67. The molecule has 0 aromatic rings. The molecule has 0 amide bonds. The predicted molar refractivity (Wildman–Crippen MR) is 353 cm³/mol. The number of hydrogen-bond donors (Lipinski definition) is 1. The van der Waals surface area contributed by atoms with E-state index in [1.807, 2.05) is 0 Å². The summed E-state index contributed by atoms with van der Waals surface area (Å²) in [5.74, 6) is -0.567. The Hall–Kier alpha value is -2.40. The first kappa shape index (κ1) is 77.6. The third-order valence-corrected chi connectivity index (χ3v) is 16.3. The summed E-state index contributed by atoms with van der Waals surface area (Å²) in [6.07, 6.45) is 97.0. The highest BCUT2D eigenvalue weighted by molar-refractivity contribution is 5.70. The van der Waals surface area contributed by atoms with Crippen LogP contribution < -0.4 is 0 Å². The highest BCUT2D eigenvalue weighted by Crippen LogP contribution is 2.19. The number of carbonyl (C=O) groups excluding carboxylic acids is 2. The first-order chi connectivity index (χ1) is 39.6. The predicted octanol–water partition coefficient (Wildman–Crippen LogP) is 24.9. The van der Waals surface area contributed by atoms with E-state index in [9.17, 15) is 14.7 Å². The smallest absolute Gasteiger partial charge is 0.306 e. The third-order valence-electron chi connectivity index (χ3n) is 16.3. The molecule has 1 N–H and O–H groups in total. The van der Waals surface area contributed by atoms with Gasteiger partial charge in [0.25, 0.3) is 0 Å². The Morgan fingerprint density at radius 3 is 0.825 bits per heavy atom. The van der Waals surface area contributed by atoms with Crippen LogP contribution in [0.5, 0.6) is 0 Å². The molecule has 0 saturated carbocycles. The van der Waals surface area contributed by atoms with Gasteiger partial charge >= 0.3 is 11.9 Å². The Labute approximate surface area is 500 Å². The number of aliphatic hydroxyl groups excluding tert-OH is 1. The summed E-state index contributed by atoms with van der Waals surface area (Å²) >= 11 is 0. The van der Waals surface area contributed by atoms with Gasteiger partial charge in [-0.2, -0.15) is 0 Å². The van der Waals surface area contributed by atoms with Crippen LogP contribution >= 0.6 is 0 Å². The van der Waals surface area contributed by atoms with Gasteiger partial charge in [-0.25, -0.2) is 0 Å². The van der Waals surface area contributed by atoms with Gasteiger partial charge in [-0.05, 0) is 77.0 Å². The summed E-state index contributed by atoms with van der Waals surface area (Å²) in [6.45, 7) is 4.08. The molecule has 0 spiro atoms. The second kappa shape index (κ2) is 70.9. The van der Waals surface area contributed by atoms with Crippen LogP contribution in [0.25, 0.3) is 0 Å². The summed E-state index contributed by atoms with van der Waals surface area (Å²) in [6, 6.07) is 0. The van der Waals surface area contributed by atoms with Gasteiger partial charge in [-0.1, -0.05) is 357 Å². The molecule has 0 aromatic carbocycles. The third kappa shape index (κ3) is 68.1. The molecule has 0 aliphatic carbocycles.